The minimum absolute atomic E-state index is 0.172. The summed E-state index contributed by atoms with van der Waals surface area (Å²) in [5.41, 5.74) is 0.718. The summed E-state index contributed by atoms with van der Waals surface area (Å²) >= 11 is 5.58. The third-order valence-electron chi connectivity index (χ3n) is 1.43. The van der Waals surface area contributed by atoms with Gasteiger partial charge in [0.25, 0.3) is 5.97 Å². The summed E-state index contributed by atoms with van der Waals surface area (Å²) in [4.78, 5) is 13.6. The van der Waals surface area contributed by atoms with Crippen molar-refractivity contribution in [2.24, 2.45) is 4.99 Å². The lowest BCUT2D eigenvalue weighted by Crippen LogP contribution is -1.92. The number of carboxylic acids is 1. The van der Waals surface area contributed by atoms with Crippen LogP contribution in [0, 0.1) is 0 Å². The van der Waals surface area contributed by atoms with Crippen molar-refractivity contribution >= 4 is 38.6 Å². The maximum atomic E-state index is 11.2. The Morgan fingerprint density at radius 2 is 2.00 bits per heavy atom. The van der Waals surface area contributed by atoms with Crippen LogP contribution in [0.25, 0.3) is 0 Å². The molecule has 0 radical (unpaired) electrons. The molecule has 1 aliphatic heterocycles. The number of fused-ring (bicyclic) bond motifs is 1. The third-order valence-corrected chi connectivity index (χ3v) is 3.07. The van der Waals surface area contributed by atoms with Gasteiger partial charge in [0.1, 0.15) is 10.8 Å². The predicted octanol–water partition coefficient (Wildman–Crippen LogP) is 2.12. The third kappa shape index (κ3) is 3.14. The lowest BCUT2D eigenvalue weighted by molar-refractivity contribution is -0.134. The standard InChI is InChI=1S/C7H4ClNOS.C2H4O2/c8-7-9-5-3-1-2-4-6(5)11(7)10;1-2(3)4/h1-4H;1H3,(H,3,4). The molecule has 4 nitrogen and oxygen atoms in total. The number of nitrogens with zero attached hydrogens (tertiary/aromatic N) is 1. The second-order valence-corrected chi connectivity index (χ2v) is 4.57. The minimum Gasteiger partial charge on any atom is -0.481 e. The first-order chi connectivity index (χ1) is 7.02. The van der Waals surface area contributed by atoms with Gasteiger partial charge in [0.2, 0.25) is 0 Å². The van der Waals surface area contributed by atoms with E-state index in [2.05, 4.69) is 4.99 Å². The Kier molecular flexibility index (Phi) is 3.99. The SMILES string of the molecule is CC(=O)O.O=S1C(Cl)=Nc2ccccc21. The van der Waals surface area contributed by atoms with Gasteiger partial charge in [-0.1, -0.05) is 23.7 Å². The number of para-hydroxylation sites is 1. The summed E-state index contributed by atoms with van der Waals surface area (Å²) in [6, 6.07) is 7.23. The summed E-state index contributed by atoms with van der Waals surface area (Å²) in [5, 5.41) is 7.42. The lowest BCUT2D eigenvalue weighted by Gasteiger charge is -1.90. The molecule has 1 aromatic carbocycles. The van der Waals surface area contributed by atoms with E-state index in [1.807, 2.05) is 12.1 Å². The van der Waals surface area contributed by atoms with Crippen molar-refractivity contribution < 1.29 is 14.1 Å². The van der Waals surface area contributed by atoms with Crippen molar-refractivity contribution in [2.45, 2.75) is 11.8 Å². The van der Waals surface area contributed by atoms with Crippen molar-refractivity contribution in [1.82, 2.24) is 0 Å². The largest absolute Gasteiger partial charge is 0.481 e. The Bertz CT molecular complexity index is 441. The molecule has 1 atom stereocenters. The Morgan fingerprint density at radius 3 is 2.53 bits per heavy atom. The molecule has 0 amide bonds. The summed E-state index contributed by atoms with van der Waals surface area (Å²) in [6.07, 6.45) is 0. The first-order valence-corrected chi connectivity index (χ1v) is 5.49. The van der Waals surface area contributed by atoms with E-state index < -0.39 is 16.8 Å². The van der Waals surface area contributed by atoms with Crippen LogP contribution < -0.4 is 0 Å². The van der Waals surface area contributed by atoms with Crippen LogP contribution in [0.4, 0.5) is 5.69 Å². The van der Waals surface area contributed by atoms with Gasteiger partial charge in [-0.15, -0.1) is 0 Å². The maximum Gasteiger partial charge on any atom is 0.300 e. The number of carbonyl (C=O) groups is 1. The van der Waals surface area contributed by atoms with E-state index in [0.717, 1.165) is 12.6 Å². The number of rotatable bonds is 0. The molecule has 80 valence electrons. The van der Waals surface area contributed by atoms with E-state index in [-0.39, 0.29) is 4.50 Å². The fourth-order valence-electron chi connectivity index (χ4n) is 0.933. The van der Waals surface area contributed by atoms with Gasteiger partial charge < -0.3 is 5.11 Å². The Labute approximate surface area is 94.1 Å². The quantitative estimate of drug-likeness (QED) is 0.761. The van der Waals surface area contributed by atoms with Crippen LogP contribution in [0.3, 0.4) is 0 Å². The molecule has 0 saturated heterocycles. The van der Waals surface area contributed by atoms with E-state index >= 15 is 0 Å². The van der Waals surface area contributed by atoms with Crippen LogP contribution in [0.5, 0.6) is 0 Å². The highest BCUT2D eigenvalue weighted by Crippen LogP contribution is 2.30. The van der Waals surface area contributed by atoms with Gasteiger partial charge in [0.05, 0.1) is 10.6 Å². The number of hydrogen-bond donors (Lipinski definition) is 1. The highest BCUT2D eigenvalue weighted by atomic mass is 35.5. The number of aliphatic imine (C=N–C) groups is 1. The zero-order chi connectivity index (χ0) is 11.4. The molecule has 1 aromatic rings. The predicted molar refractivity (Wildman–Crippen MR) is 59.1 cm³/mol. The molecule has 0 aromatic heterocycles. The van der Waals surface area contributed by atoms with E-state index in [1.54, 1.807) is 12.1 Å². The summed E-state index contributed by atoms with van der Waals surface area (Å²) in [7, 11) is -1.23. The first kappa shape index (κ1) is 11.9. The fraction of sp³-hybridized carbons (Fsp3) is 0.111. The van der Waals surface area contributed by atoms with E-state index in [4.69, 9.17) is 21.5 Å². The smallest absolute Gasteiger partial charge is 0.300 e. The van der Waals surface area contributed by atoms with Crippen molar-refractivity contribution in [3.63, 3.8) is 0 Å². The van der Waals surface area contributed by atoms with Crippen molar-refractivity contribution in [3.8, 4) is 0 Å². The molecule has 1 heterocycles. The Balaban J connectivity index is 0.000000245. The zero-order valence-corrected chi connectivity index (χ0v) is 9.38. The van der Waals surface area contributed by atoms with E-state index in [0.29, 0.717) is 4.90 Å². The molecule has 15 heavy (non-hydrogen) atoms. The Hall–Kier alpha value is -1.20. The summed E-state index contributed by atoms with van der Waals surface area (Å²) in [6.45, 7) is 1.08. The first-order valence-electron chi connectivity index (χ1n) is 3.97. The van der Waals surface area contributed by atoms with Gasteiger partial charge in [-0.25, -0.2) is 9.20 Å². The van der Waals surface area contributed by atoms with Gasteiger partial charge >= 0.3 is 0 Å². The average molecular weight is 246 g/mol. The summed E-state index contributed by atoms with van der Waals surface area (Å²) in [5.74, 6) is -0.833. The minimum atomic E-state index is -1.23. The molecule has 2 rings (SSSR count). The van der Waals surface area contributed by atoms with Crippen LogP contribution in [0.15, 0.2) is 34.2 Å². The highest BCUT2D eigenvalue weighted by Gasteiger charge is 2.20. The van der Waals surface area contributed by atoms with Gasteiger partial charge in [-0.05, 0) is 12.1 Å². The molecule has 0 aliphatic carbocycles. The van der Waals surface area contributed by atoms with Gasteiger partial charge in [0.15, 0.2) is 4.50 Å². The number of benzene rings is 1. The lowest BCUT2D eigenvalue weighted by atomic mass is 10.3. The zero-order valence-electron chi connectivity index (χ0n) is 7.81. The van der Waals surface area contributed by atoms with Gasteiger partial charge in [-0.3, -0.25) is 4.79 Å². The monoisotopic (exact) mass is 245 g/mol. The van der Waals surface area contributed by atoms with E-state index in [9.17, 15) is 4.21 Å². The molecule has 1 aliphatic rings. The Morgan fingerprint density at radius 1 is 1.47 bits per heavy atom. The van der Waals surface area contributed by atoms with Crippen molar-refractivity contribution in [1.29, 1.82) is 0 Å². The molecule has 0 bridgehead atoms. The van der Waals surface area contributed by atoms with Crippen molar-refractivity contribution in [3.05, 3.63) is 24.3 Å². The molecule has 6 heteroatoms. The highest BCUT2D eigenvalue weighted by molar-refractivity contribution is 8.04. The topological polar surface area (TPSA) is 66.7 Å². The molecule has 0 fully saturated rings. The number of halogens is 1. The van der Waals surface area contributed by atoms with E-state index in [1.165, 1.54) is 0 Å². The van der Waals surface area contributed by atoms with Crippen LogP contribution in [0.2, 0.25) is 0 Å². The molecule has 0 spiro atoms. The van der Waals surface area contributed by atoms with Crippen LogP contribution in [-0.4, -0.2) is 19.8 Å². The number of aliphatic carboxylic acids is 1. The normalized spacial score (nSPS) is 17.2. The molecule has 1 N–H and O–H groups in total. The number of carboxylic acid groups (broad SMARTS) is 1. The number of hydrogen-bond acceptors (Lipinski definition) is 3. The van der Waals surface area contributed by atoms with Crippen LogP contribution >= 0.6 is 11.6 Å². The molecular weight excluding hydrogens is 238 g/mol. The average Bonchev–Trinajstić information content (AvgIpc) is 2.43. The summed E-state index contributed by atoms with van der Waals surface area (Å²) < 4.78 is 11.4. The maximum absolute atomic E-state index is 11.2. The second-order valence-electron chi connectivity index (χ2n) is 2.62. The van der Waals surface area contributed by atoms with Crippen molar-refractivity contribution in [2.75, 3.05) is 0 Å². The van der Waals surface area contributed by atoms with Crippen LogP contribution in [0.1, 0.15) is 6.92 Å². The second kappa shape index (κ2) is 5.04. The van der Waals surface area contributed by atoms with Gasteiger partial charge in [0, 0.05) is 6.92 Å². The molecule has 0 saturated carbocycles. The van der Waals surface area contributed by atoms with Crippen LogP contribution in [-0.2, 0) is 15.6 Å². The van der Waals surface area contributed by atoms with Gasteiger partial charge in [-0.2, -0.15) is 0 Å². The molecular formula is C9H8ClNO3S. The molecule has 1 unspecified atom stereocenters. The fourth-order valence-corrected chi connectivity index (χ4v) is 2.14.